The second-order valence-electron chi connectivity index (χ2n) is 5.95. The second kappa shape index (κ2) is 8.46. The third-order valence-electron chi connectivity index (χ3n) is 3.94. The van der Waals surface area contributed by atoms with Gasteiger partial charge in [-0.05, 0) is 33.2 Å². The predicted molar refractivity (Wildman–Crippen MR) is 80.9 cm³/mol. The van der Waals surface area contributed by atoms with Crippen molar-refractivity contribution in [2.75, 3.05) is 26.2 Å². The number of ether oxygens (including phenoxy) is 1. The van der Waals surface area contributed by atoms with E-state index in [9.17, 15) is 0 Å². The third-order valence-corrected chi connectivity index (χ3v) is 3.94. The van der Waals surface area contributed by atoms with E-state index < -0.39 is 0 Å². The molecule has 0 amide bonds. The number of hydrogen-bond donors (Lipinski definition) is 1. The van der Waals surface area contributed by atoms with Crippen LogP contribution < -0.4 is 5.73 Å². The van der Waals surface area contributed by atoms with Crippen LogP contribution in [0.4, 0.5) is 0 Å². The number of aromatic nitrogens is 2. The largest absolute Gasteiger partial charge is 0.367 e. The molecule has 21 heavy (non-hydrogen) atoms. The molecule has 2 N–H and O–H groups in total. The highest BCUT2D eigenvalue weighted by Crippen LogP contribution is 2.21. The van der Waals surface area contributed by atoms with Crippen LogP contribution in [0.2, 0.25) is 0 Å². The molecule has 1 aromatic heterocycles. The topological polar surface area (TPSA) is 77.4 Å². The number of rotatable bonds is 8. The van der Waals surface area contributed by atoms with Crippen LogP contribution in [-0.4, -0.2) is 47.3 Å². The molecule has 1 saturated heterocycles. The van der Waals surface area contributed by atoms with Crippen molar-refractivity contribution in [3.8, 4) is 0 Å². The SMILES string of the molecule is CC(C)N1CCOC(c2noc(CCCCCCN)n2)C1. The first-order valence-corrected chi connectivity index (χ1v) is 8.09. The van der Waals surface area contributed by atoms with Crippen LogP contribution in [0.1, 0.15) is 57.3 Å². The molecule has 120 valence electrons. The summed E-state index contributed by atoms with van der Waals surface area (Å²) in [4.78, 5) is 6.88. The summed E-state index contributed by atoms with van der Waals surface area (Å²) in [5, 5.41) is 4.09. The minimum absolute atomic E-state index is 0.0594. The fourth-order valence-corrected chi connectivity index (χ4v) is 2.57. The molecule has 0 spiro atoms. The minimum atomic E-state index is -0.0594. The molecule has 0 saturated carbocycles. The maximum Gasteiger partial charge on any atom is 0.226 e. The van der Waals surface area contributed by atoms with Gasteiger partial charge in [0.2, 0.25) is 11.7 Å². The molecule has 0 aromatic carbocycles. The van der Waals surface area contributed by atoms with Gasteiger partial charge in [0.1, 0.15) is 6.10 Å². The normalized spacial score (nSPS) is 20.3. The molecule has 1 aromatic rings. The Labute approximate surface area is 127 Å². The Morgan fingerprint density at radius 1 is 1.29 bits per heavy atom. The lowest BCUT2D eigenvalue weighted by Gasteiger charge is -2.34. The fourth-order valence-electron chi connectivity index (χ4n) is 2.57. The third kappa shape index (κ3) is 5.05. The monoisotopic (exact) mass is 296 g/mol. The molecule has 6 heteroatoms. The molecule has 1 atom stereocenters. The highest BCUT2D eigenvalue weighted by atomic mass is 16.5. The van der Waals surface area contributed by atoms with Gasteiger partial charge in [-0.1, -0.05) is 18.0 Å². The van der Waals surface area contributed by atoms with Gasteiger partial charge in [0.15, 0.2) is 0 Å². The van der Waals surface area contributed by atoms with Gasteiger partial charge in [0, 0.05) is 25.6 Å². The van der Waals surface area contributed by atoms with Crippen LogP contribution >= 0.6 is 0 Å². The van der Waals surface area contributed by atoms with E-state index in [-0.39, 0.29) is 6.10 Å². The van der Waals surface area contributed by atoms with Crippen molar-refractivity contribution < 1.29 is 9.26 Å². The first-order valence-electron chi connectivity index (χ1n) is 8.09. The number of aryl methyl sites for hydroxylation is 1. The van der Waals surface area contributed by atoms with Gasteiger partial charge in [-0.2, -0.15) is 4.98 Å². The maximum atomic E-state index is 5.77. The first kappa shape index (κ1) is 16.4. The van der Waals surface area contributed by atoms with Gasteiger partial charge >= 0.3 is 0 Å². The summed E-state index contributed by atoms with van der Waals surface area (Å²) in [7, 11) is 0. The van der Waals surface area contributed by atoms with Gasteiger partial charge in [0.25, 0.3) is 0 Å². The summed E-state index contributed by atoms with van der Waals surface area (Å²) in [5.74, 6) is 1.42. The summed E-state index contributed by atoms with van der Waals surface area (Å²) in [6.07, 6.45) is 5.29. The summed E-state index contributed by atoms with van der Waals surface area (Å²) >= 11 is 0. The summed E-state index contributed by atoms with van der Waals surface area (Å²) in [6, 6.07) is 0.519. The standard InChI is InChI=1S/C15H28N4O2/c1-12(2)19-9-10-20-13(11-19)15-17-14(21-18-15)7-5-3-4-6-8-16/h12-13H,3-11,16H2,1-2H3. The molecule has 2 heterocycles. The first-order chi connectivity index (χ1) is 10.2. The average molecular weight is 296 g/mol. The molecule has 6 nitrogen and oxygen atoms in total. The quantitative estimate of drug-likeness (QED) is 0.738. The van der Waals surface area contributed by atoms with E-state index in [0.29, 0.717) is 11.9 Å². The number of nitrogens with zero attached hydrogens (tertiary/aromatic N) is 3. The zero-order valence-corrected chi connectivity index (χ0v) is 13.3. The van der Waals surface area contributed by atoms with Gasteiger partial charge in [-0.15, -0.1) is 0 Å². The van der Waals surface area contributed by atoms with Crippen molar-refractivity contribution in [3.63, 3.8) is 0 Å². The molecule has 0 radical (unpaired) electrons. The van der Waals surface area contributed by atoms with Crippen molar-refractivity contribution in [1.29, 1.82) is 0 Å². The van der Waals surface area contributed by atoms with Crippen molar-refractivity contribution in [2.24, 2.45) is 5.73 Å². The Morgan fingerprint density at radius 2 is 2.10 bits per heavy atom. The Morgan fingerprint density at radius 3 is 2.86 bits per heavy atom. The van der Waals surface area contributed by atoms with Crippen molar-refractivity contribution in [1.82, 2.24) is 15.0 Å². The van der Waals surface area contributed by atoms with E-state index in [1.807, 2.05) is 0 Å². The van der Waals surface area contributed by atoms with Crippen molar-refractivity contribution in [3.05, 3.63) is 11.7 Å². The van der Waals surface area contributed by atoms with E-state index in [2.05, 4.69) is 28.9 Å². The number of unbranched alkanes of at least 4 members (excludes halogenated alkanes) is 3. The van der Waals surface area contributed by atoms with Crippen LogP contribution in [0.3, 0.4) is 0 Å². The minimum Gasteiger partial charge on any atom is -0.367 e. The van der Waals surface area contributed by atoms with E-state index in [1.165, 1.54) is 6.42 Å². The van der Waals surface area contributed by atoms with Crippen molar-refractivity contribution >= 4 is 0 Å². The zero-order chi connectivity index (χ0) is 15.1. The molecule has 1 aliphatic heterocycles. The van der Waals surface area contributed by atoms with E-state index in [1.54, 1.807) is 0 Å². The number of hydrogen-bond acceptors (Lipinski definition) is 6. The molecule has 1 unspecified atom stereocenters. The lowest BCUT2D eigenvalue weighted by Crippen LogP contribution is -2.42. The van der Waals surface area contributed by atoms with Gasteiger partial charge < -0.3 is 15.0 Å². The summed E-state index contributed by atoms with van der Waals surface area (Å²) < 4.78 is 11.1. The zero-order valence-electron chi connectivity index (χ0n) is 13.3. The highest BCUT2D eigenvalue weighted by molar-refractivity contribution is 4.94. The van der Waals surface area contributed by atoms with Crippen LogP contribution in [0.15, 0.2) is 4.52 Å². The van der Waals surface area contributed by atoms with E-state index in [0.717, 1.165) is 57.8 Å². The molecular weight excluding hydrogens is 268 g/mol. The smallest absolute Gasteiger partial charge is 0.226 e. The lowest BCUT2D eigenvalue weighted by atomic mass is 10.1. The predicted octanol–water partition coefficient (Wildman–Crippen LogP) is 1.91. The lowest BCUT2D eigenvalue weighted by molar-refractivity contribution is -0.0450. The van der Waals surface area contributed by atoms with Crippen LogP contribution in [0.25, 0.3) is 0 Å². The molecular formula is C15H28N4O2. The Bertz CT molecular complexity index is 408. The van der Waals surface area contributed by atoms with Crippen LogP contribution in [0.5, 0.6) is 0 Å². The second-order valence-corrected chi connectivity index (χ2v) is 5.95. The van der Waals surface area contributed by atoms with E-state index in [4.69, 9.17) is 15.0 Å². The summed E-state index contributed by atoms with van der Waals surface area (Å²) in [5.41, 5.74) is 5.48. The van der Waals surface area contributed by atoms with E-state index >= 15 is 0 Å². The Kier molecular flexibility index (Phi) is 6.60. The molecule has 1 aliphatic rings. The average Bonchev–Trinajstić information content (AvgIpc) is 2.96. The Balaban J connectivity index is 1.79. The highest BCUT2D eigenvalue weighted by Gasteiger charge is 2.27. The van der Waals surface area contributed by atoms with Gasteiger partial charge in [-0.3, -0.25) is 4.90 Å². The van der Waals surface area contributed by atoms with Crippen LogP contribution in [0, 0.1) is 0 Å². The van der Waals surface area contributed by atoms with Crippen molar-refractivity contribution in [2.45, 2.75) is 58.1 Å². The summed E-state index contributed by atoms with van der Waals surface area (Å²) in [6.45, 7) is 7.71. The number of nitrogens with two attached hydrogens (primary N) is 1. The fraction of sp³-hybridized carbons (Fsp3) is 0.867. The van der Waals surface area contributed by atoms with Gasteiger partial charge in [-0.25, -0.2) is 0 Å². The Hall–Kier alpha value is -0.980. The molecule has 0 aliphatic carbocycles. The molecule has 1 fully saturated rings. The van der Waals surface area contributed by atoms with Gasteiger partial charge in [0.05, 0.1) is 6.61 Å². The molecule has 0 bridgehead atoms. The molecule has 2 rings (SSSR count). The number of morpholine rings is 1. The van der Waals surface area contributed by atoms with Crippen LogP contribution in [-0.2, 0) is 11.2 Å². The maximum absolute atomic E-state index is 5.77.